The van der Waals surface area contributed by atoms with Gasteiger partial charge in [-0.2, -0.15) is 11.8 Å². The molecule has 0 unspecified atom stereocenters. The van der Waals surface area contributed by atoms with Gasteiger partial charge in [-0.25, -0.2) is 0 Å². The first-order valence-corrected chi connectivity index (χ1v) is 37.1. The van der Waals surface area contributed by atoms with E-state index in [0.717, 1.165) is 4.90 Å². The van der Waals surface area contributed by atoms with Gasteiger partial charge in [-0.3, -0.25) is 101 Å². The number of aliphatic hydroxyl groups excluding tert-OH is 3. The van der Waals surface area contributed by atoms with Crippen molar-refractivity contribution in [2.24, 2.45) is 62.5 Å². The Kier molecular flexibility index (Phi) is 46.1. The van der Waals surface area contributed by atoms with Gasteiger partial charge in [0.1, 0.15) is 78.5 Å². The lowest BCUT2D eigenvalue weighted by molar-refractivity contribution is -0.144. The van der Waals surface area contributed by atoms with Gasteiger partial charge in [0.15, 0.2) is 5.96 Å². The summed E-state index contributed by atoms with van der Waals surface area (Å²) in [6.45, 7) is -0.680. The number of aliphatic hydroxyl groups is 3. The fraction of sp³-hybridized carbons (Fsp3) is 0.672. The lowest BCUT2D eigenvalue weighted by Gasteiger charge is -2.30. The molecule has 1 fully saturated rings. The molecule has 48 nitrogen and oxygen atoms in total. The zero-order valence-electron chi connectivity index (χ0n) is 62.7. The number of carbonyl (C=O) groups excluding carboxylic acids is 18. The van der Waals surface area contributed by atoms with E-state index in [0.29, 0.717) is 5.75 Å². The van der Waals surface area contributed by atoms with Crippen molar-refractivity contribution in [3.05, 3.63) is 0 Å². The van der Waals surface area contributed by atoms with Crippen LogP contribution in [0.25, 0.3) is 0 Å². The summed E-state index contributed by atoms with van der Waals surface area (Å²) in [7, 11) is 0. The number of amides is 18. The number of guanidine groups is 1. The van der Waals surface area contributed by atoms with Crippen molar-refractivity contribution in [1.29, 1.82) is 0 Å². The number of aliphatic imine (C=N–C) groups is 1. The van der Waals surface area contributed by atoms with Gasteiger partial charge in [-0.1, -0.05) is 13.8 Å². The summed E-state index contributed by atoms with van der Waals surface area (Å²) in [6.07, 6.45) is -6.19. The zero-order chi connectivity index (χ0) is 85.9. The third-order valence-electron chi connectivity index (χ3n) is 16.9. The van der Waals surface area contributed by atoms with E-state index in [1.54, 1.807) is 20.1 Å². The van der Waals surface area contributed by atoms with Crippen LogP contribution in [0.4, 0.5) is 0 Å². The second-order valence-electron chi connectivity index (χ2n) is 26.4. The second kappa shape index (κ2) is 52.1. The van der Waals surface area contributed by atoms with Crippen molar-refractivity contribution in [2.45, 2.75) is 214 Å². The molecule has 1 saturated heterocycles. The molecule has 0 radical (unpaired) electrons. The summed E-state index contributed by atoms with van der Waals surface area (Å²) in [5.41, 5.74) is 49.4. The van der Waals surface area contributed by atoms with Crippen LogP contribution < -0.4 is 115 Å². The molecule has 0 saturated carbocycles. The first-order valence-electron chi connectivity index (χ1n) is 35.7. The normalized spacial score (nSPS) is 15.8. The Labute approximate surface area is 651 Å². The summed E-state index contributed by atoms with van der Waals surface area (Å²) >= 11 is 1.38. The molecule has 0 aliphatic carbocycles. The smallest absolute Gasteiger partial charge is 0.305 e. The van der Waals surface area contributed by atoms with Crippen LogP contribution in [0.1, 0.15) is 129 Å². The van der Waals surface area contributed by atoms with E-state index >= 15 is 0 Å². The number of carboxylic acid groups (broad SMARTS) is 2. The van der Waals surface area contributed by atoms with Crippen LogP contribution in [-0.2, 0) is 95.9 Å². The number of rotatable bonds is 57. The van der Waals surface area contributed by atoms with Crippen LogP contribution in [0.15, 0.2) is 4.99 Å². The molecule has 1 aliphatic heterocycles. The molecule has 0 aromatic carbocycles. The number of primary amides is 5. The maximum Gasteiger partial charge on any atom is 0.305 e. The number of hydrogen-bond acceptors (Lipinski definition) is 27. The first-order chi connectivity index (χ1) is 53.0. The highest BCUT2D eigenvalue weighted by Crippen LogP contribution is 2.21. The van der Waals surface area contributed by atoms with Gasteiger partial charge in [0.25, 0.3) is 0 Å². The summed E-state index contributed by atoms with van der Waals surface area (Å²) in [5.74, 6) is -25.0. The molecular weight excluding hydrogens is 1520 g/mol. The van der Waals surface area contributed by atoms with E-state index in [4.69, 9.17) is 51.6 Å². The van der Waals surface area contributed by atoms with E-state index in [-0.39, 0.29) is 64.6 Å². The molecule has 0 spiro atoms. The maximum absolute atomic E-state index is 14.3. The minimum absolute atomic E-state index is 0.0353. The van der Waals surface area contributed by atoms with E-state index in [2.05, 4.69) is 63.5 Å². The second-order valence-corrected chi connectivity index (χ2v) is 27.4. The van der Waals surface area contributed by atoms with Crippen molar-refractivity contribution in [1.82, 2.24) is 68.7 Å². The highest BCUT2D eigenvalue weighted by Gasteiger charge is 2.42. The molecule has 18 amide bonds. The molecule has 0 bridgehead atoms. The Hall–Kier alpha value is -11.2. The number of aliphatic carboxylic acids is 2. The Balaban J connectivity index is 3.69. The van der Waals surface area contributed by atoms with Crippen LogP contribution >= 0.6 is 11.8 Å². The topological polar surface area (TPSA) is 837 Å². The fourth-order valence-electron chi connectivity index (χ4n) is 10.8. The number of nitrogens with two attached hydrogens (primary N) is 9. The van der Waals surface area contributed by atoms with Gasteiger partial charge in [0, 0.05) is 38.8 Å². The quantitative estimate of drug-likeness (QED) is 0.0153. The predicted octanol–water partition coefficient (Wildman–Crippen LogP) is -13.8. The number of carbonyl (C=O) groups is 20. The molecule has 113 heavy (non-hydrogen) atoms. The zero-order valence-corrected chi connectivity index (χ0v) is 63.6. The highest BCUT2D eigenvalue weighted by molar-refractivity contribution is 7.98. The molecular formula is C64H109N23O25S. The predicted molar refractivity (Wildman–Crippen MR) is 395 cm³/mol. The summed E-state index contributed by atoms with van der Waals surface area (Å²) in [4.78, 5) is 270. The van der Waals surface area contributed by atoms with Crippen molar-refractivity contribution in [2.75, 3.05) is 51.5 Å². The van der Waals surface area contributed by atoms with E-state index < -0.39 is 305 Å². The molecule has 0 aromatic rings. The molecule has 0 aromatic heterocycles. The number of nitrogens with one attached hydrogen (secondary N) is 12. The lowest BCUT2D eigenvalue weighted by Crippen LogP contribution is -2.61. The van der Waals surface area contributed by atoms with Crippen molar-refractivity contribution in [3.8, 4) is 0 Å². The maximum atomic E-state index is 14.3. The molecule has 49 heteroatoms. The van der Waals surface area contributed by atoms with Crippen LogP contribution in [0.2, 0.25) is 0 Å². The van der Waals surface area contributed by atoms with Gasteiger partial charge < -0.3 is 146 Å². The number of hydrogen-bond donors (Lipinski definition) is 26. The third kappa shape index (κ3) is 38.1. The fourth-order valence-corrected chi connectivity index (χ4v) is 11.3. The minimum Gasteiger partial charge on any atom is -0.481 e. The monoisotopic (exact) mass is 1630 g/mol. The number of unbranched alkanes of at least 4 members (excludes halogenated alkanes) is 1. The largest absolute Gasteiger partial charge is 0.481 e. The van der Waals surface area contributed by atoms with E-state index in [1.807, 2.05) is 5.32 Å². The summed E-state index contributed by atoms with van der Waals surface area (Å²) in [6, 6.07) is -24.7. The van der Waals surface area contributed by atoms with Gasteiger partial charge in [-0.05, 0) is 102 Å². The van der Waals surface area contributed by atoms with E-state index in [1.165, 1.54) is 11.8 Å². The van der Waals surface area contributed by atoms with Gasteiger partial charge in [-0.15, -0.1) is 0 Å². The number of nitrogens with zero attached hydrogens (tertiary/aromatic N) is 2. The van der Waals surface area contributed by atoms with Crippen LogP contribution in [0.5, 0.6) is 0 Å². The Bertz CT molecular complexity index is 3390. The molecule has 636 valence electrons. The van der Waals surface area contributed by atoms with Crippen molar-refractivity contribution >= 4 is 136 Å². The number of carboxylic acids is 2. The first kappa shape index (κ1) is 99.8. The molecule has 1 rings (SSSR count). The van der Waals surface area contributed by atoms with E-state index in [9.17, 15) is 121 Å². The SMILES string of the molecule is CSCC[C@H](N)C(=O)N[C@@H](CO)C(=O)N[C@@H](CCC(N)=O)C(=O)N[C@@H](CCCCN)C(=O)N[C@@H](CO)C(=O)N[C@@H](CCC(N)=O)C(=O)N[C@@H](CCCN=C(N)N)C(=O)N[C@@H](CO)C(=O)N[C@@H](CCC(N)=O)C(=O)N[C@@H](CC(=O)O)C(=O)N[C@@H](CCC(=O)O)C(=O)N[C@@H](CC(N)=O)C(=O)N1CCC[C@H]1C(=O)N[C@H](C(N)=O)C(C)C. The van der Waals surface area contributed by atoms with Gasteiger partial charge in [0.2, 0.25) is 106 Å². The van der Waals surface area contributed by atoms with Crippen LogP contribution in [-0.4, -0.2) is 291 Å². The third-order valence-corrected chi connectivity index (χ3v) is 17.6. The summed E-state index contributed by atoms with van der Waals surface area (Å²) < 4.78 is 0. The number of likely N-dealkylation sites (tertiary alicyclic amines) is 1. The molecule has 14 atom stereocenters. The Morgan fingerprint density at radius 1 is 0.425 bits per heavy atom. The average molecular weight is 1630 g/mol. The molecule has 1 heterocycles. The summed E-state index contributed by atoms with van der Waals surface area (Å²) in [5, 5.41) is 77.2. The number of thioether (sulfide) groups is 1. The van der Waals surface area contributed by atoms with Crippen molar-refractivity contribution < 1.29 is 121 Å². The highest BCUT2D eigenvalue weighted by atomic mass is 32.2. The van der Waals surface area contributed by atoms with Crippen LogP contribution in [0, 0.1) is 5.92 Å². The Morgan fingerprint density at radius 3 is 1.12 bits per heavy atom. The van der Waals surface area contributed by atoms with Gasteiger partial charge >= 0.3 is 11.9 Å². The molecule has 35 N–H and O–H groups in total. The van der Waals surface area contributed by atoms with Crippen molar-refractivity contribution in [3.63, 3.8) is 0 Å². The lowest BCUT2D eigenvalue weighted by atomic mass is 10.0. The molecule has 1 aliphatic rings. The van der Waals surface area contributed by atoms with Crippen LogP contribution in [0.3, 0.4) is 0 Å². The average Bonchev–Trinajstić information content (AvgIpc) is 1.80. The Morgan fingerprint density at radius 2 is 0.779 bits per heavy atom. The van der Waals surface area contributed by atoms with Gasteiger partial charge in [0.05, 0.1) is 38.7 Å². The minimum atomic E-state index is -2.28. The standard InChI is InChI=1S/C64H109N23O25S/c1-29(2)49(50(71)99)86-62(111)42-10-7-22-87(42)63(112)38(24-46(70)94)82-57(106)36(14-18-47(95)96)77-58(107)37(25-48(97)98)81-56(105)35(13-17-45(69)93)80-61(110)41(28-90)85-53(102)32(9-6-21-74-64(72)73)76-55(104)34(12-16-44(68)92)79-60(109)40(27-89)84-52(101)31(8-4-5-20-65)75-54(103)33(11-15-43(67)91)78-59(108)39(26-88)83-51(100)30(66)19-23-113-3/h29-42,49,88-90H,4-28,65-66H2,1-3H3,(H2,67,91)(H2,68,92)(H2,69,93)(H2,70,94)(H2,71,99)(H,75,103)(H,76,104)(H,77,107)(H,78,108)(H,79,109)(H,80,110)(H,81,105)(H,82,106)(H,83,100)(H,84,101)(H,85,102)(H,86,111)(H,95,96)(H,97,98)(H4,72,73,74)/t30-,31-,32-,33-,34-,35-,36-,37-,38-,39-,40-,41-,42-,49-/m0/s1.